The second kappa shape index (κ2) is 10.6. The van der Waals surface area contributed by atoms with Gasteiger partial charge in [-0.2, -0.15) is 14.8 Å². The van der Waals surface area contributed by atoms with E-state index in [0.29, 0.717) is 0 Å². The fourth-order valence-electron chi connectivity index (χ4n) is 0.182. The second-order valence-corrected chi connectivity index (χ2v) is 4.51. The smallest absolute Gasteiger partial charge is 0.342 e. The van der Waals surface area contributed by atoms with Crippen LogP contribution in [0.25, 0.3) is 0 Å². The summed E-state index contributed by atoms with van der Waals surface area (Å²) in [7, 11) is -3.74. The molecular weight excluding hydrogens is 183 g/mol. The molecule has 3 nitrogen and oxygen atoms in total. The first-order chi connectivity index (χ1) is 5.33. The Balaban J connectivity index is -0.000000150. The predicted octanol–water partition coefficient (Wildman–Crippen LogP) is -0.845. The Morgan fingerprint density at radius 3 is 1.69 bits per heavy atom. The van der Waals surface area contributed by atoms with E-state index in [2.05, 4.69) is 27.7 Å². The van der Waals surface area contributed by atoms with Crippen LogP contribution in [0.2, 0.25) is 0 Å². The van der Waals surface area contributed by atoms with Crippen molar-refractivity contribution >= 4 is 10.1 Å². The molecule has 0 amide bonds. The van der Waals surface area contributed by atoms with Gasteiger partial charge in [0.15, 0.2) is 0 Å². The van der Waals surface area contributed by atoms with Gasteiger partial charge in [-0.15, -0.1) is 0 Å². The van der Waals surface area contributed by atoms with E-state index in [4.69, 9.17) is 4.55 Å². The normalized spacial score (nSPS) is 10.0. The largest absolute Gasteiger partial charge is 1.00 e. The Bertz CT molecular complexity index is 176. The summed E-state index contributed by atoms with van der Waals surface area (Å²) < 4.78 is 27.4. The van der Waals surface area contributed by atoms with Crippen molar-refractivity contribution in [3.63, 3.8) is 0 Å². The van der Waals surface area contributed by atoms with Gasteiger partial charge in [-0.3, -0.25) is 4.55 Å². The first kappa shape index (κ1) is 19.1. The van der Waals surface area contributed by atoms with Gasteiger partial charge in [-0.25, -0.2) is 0 Å². The van der Waals surface area contributed by atoms with E-state index in [0.717, 1.165) is 5.92 Å². The van der Waals surface area contributed by atoms with Crippen molar-refractivity contribution in [3.05, 3.63) is 6.92 Å². The molecule has 0 aliphatic carbocycles. The van der Waals surface area contributed by atoms with Crippen LogP contribution in [0.4, 0.5) is 0 Å². The molecule has 0 rings (SSSR count). The summed E-state index contributed by atoms with van der Waals surface area (Å²) in [5.41, 5.74) is 0. The van der Waals surface area contributed by atoms with Gasteiger partial charge in [0.2, 0.25) is 0 Å². The quantitative estimate of drug-likeness (QED) is 0.368. The maximum Gasteiger partial charge on any atom is 1.00 e. The standard InChI is InChI=1S/C5H12.C3H7O3S.Li/c1-4-5(2)3;1-2-3-7(4,5)6;/h5H,4H2,1-3H3;1-3H2,(H,4,5,6);/q;-1;+1. The summed E-state index contributed by atoms with van der Waals surface area (Å²) in [5, 5.41) is 0. The SMILES string of the molecule is CCC(C)C.[CH2-]CCS(=O)(=O)O.[Li+]. The first-order valence-corrected chi connectivity index (χ1v) is 5.68. The zero-order valence-electron chi connectivity index (χ0n) is 9.08. The van der Waals surface area contributed by atoms with Crippen molar-refractivity contribution in [1.82, 2.24) is 0 Å². The van der Waals surface area contributed by atoms with Gasteiger partial charge in [-0.1, -0.05) is 27.2 Å². The van der Waals surface area contributed by atoms with Crippen LogP contribution in [0.3, 0.4) is 0 Å². The molecule has 5 heteroatoms. The van der Waals surface area contributed by atoms with E-state index in [-0.39, 0.29) is 31.0 Å². The Morgan fingerprint density at radius 2 is 1.69 bits per heavy atom. The zero-order valence-corrected chi connectivity index (χ0v) is 9.89. The van der Waals surface area contributed by atoms with Crippen LogP contribution in [-0.2, 0) is 10.1 Å². The molecule has 0 aromatic heterocycles. The summed E-state index contributed by atoms with van der Waals surface area (Å²) in [6, 6.07) is 0. The second-order valence-electron chi connectivity index (χ2n) is 2.94. The molecule has 0 saturated carbocycles. The number of rotatable bonds is 3. The number of hydrogen-bond acceptors (Lipinski definition) is 2. The third-order valence-electron chi connectivity index (χ3n) is 1.22. The van der Waals surface area contributed by atoms with Crippen molar-refractivity contribution < 1.29 is 31.8 Å². The molecule has 76 valence electrons. The molecule has 0 heterocycles. The van der Waals surface area contributed by atoms with Gasteiger partial charge in [0, 0.05) is 5.75 Å². The molecule has 0 aromatic rings. The average molecular weight is 202 g/mol. The third-order valence-corrected chi connectivity index (χ3v) is 2.02. The van der Waals surface area contributed by atoms with Gasteiger partial charge < -0.3 is 6.92 Å². The zero-order chi connectivity index (χ0) is 10.2. The van der Waals surface area contributed by atoms with E-state index in [1.165, 1.54) is 6.42 Å². The van der Waals surface area contributed by atoms with Gasteiger partial charge in [-0.05, 0) is 5.92 Å². The minimum Gasteiger partial charge on any atom is -0.342 e. The number of hydrogen-bond donors (Lipinski definition) is 1. The molecule has 0 fully saturated rings. The predicted molar refractivity (Wildman–Crippen MR) is 51.5 cm³/mol. The third kappa shape index (κ3) is 32.6. The van der Waals surface area contributed by atoms with Crippen molar-refractivity contribution in [2.75, 3.05) is 5.75 Å². The maximum atomic E-state index is 9.75. The molecular formula is C8H19LiO3S. The Labute approximate surface area is 94.2 Å². The van der Waals surface area contributed by atoms with Gasteiger partial charge in [0.05, 0.1) is 0 Å². The molecule has 13 heavy (non-hydrogen) atoms. The first-order valence-electron chi connectivity index (χ1n) is 4.07. The molecule has 0 spiro atoms. The minimum absolute atomic E-state index is 0. The van der Waals surface area contributed by atoms with Crippen molar-refractivity contribution in [2.45, 2.75) is 33.6 Å². The monoisotopic (exact) mass is 202 g/mol. The van der Waals surface area contributed by atoms with Crippen LogP contribution in [0.15, 0.2) is 0 Å². The average Bonchev–Trinajstić information content (AvgIpc) is 1.86. The topological polar surface area (TPSA) is 54.4 Å². The molecule has 0 atom stereocenters. The van der Waals surface area contributed by atoms with Crippen molar-refractivity contribution in [1.29, 1.82) is 0 Å². The molecule has 0 saturated heterocycles. The minimum atomic E-state index is -3.74. The van der Waals surface area contributed by atoms with Crippen molar-refractivity contribution in [2.24, 2.45) is 5.92 Å². The van der Waals surface area contributed by atoms with Crippen LogP contribution >= 0.6 is 0 Å². The van der Waals surface area contributed by atoms with Gasteiger partial charge in [0.25, 0.3) is 10.1 Å². The molecule has 0 aliphatic rings. The van der Waals surface area contributed by atoms with E-state index in [1.807, 2.05) is 0 Å². The molecule has 0 aliphatic heterocycles. The summed E-state index contributed by atoms with van der Waals surface area (Å²) in [6.45, 7) is 9.88. The van der Waals surface area contributed by atoms with Gasteiger partial charge in [0.1, 0.15) is 0 Å². The molecule has 0 radical (unpaired) electrons. The Hall–Kier alpha value is 0.507. The molecule has 0 aromatic carbocycles. The summed E-state index contributed by atoms with van der Waals surface area (Å²) in [4.78, 5) is 0. The van der Waals surface area contributed by atoms with Crippen LogP contribution in [0.5, 0.6) is 0 Å². The molecule has 0 unspecified atom stereocenters. The van der Waals surface area contributed by atoms with Crippen molar-refractivity contribution in [3.8, 4) is 0 Å². The molecule has 1 N–H and O–H groups in total. The van der Waals surface area contributed by atoms with E-state index in [9.17, 15) is 8.42 Å². The van der Waals surface area contributed by atoms with Crippen LogP contribution < -0.4 is 18.9 Å². The molecule has 0 bridgehead atoms. The van der Waals surface area contributed by atoms with E-state index < -0.39 is 10.1 Å². The van der Waals surface area contributed by atoms with E-state index >= 15 is 0 Å². The van der Waals surface area contributed by atoms with E-state index in [1.54, 1.807) is 0 Å². The Morgan fingerprint density at radius 1 is 1.38 bits per heavy atom. The van der Waals surface area contributed by atoms with Crippen LogP contribution in [-0.4, -0.2) is 18.7 Å². The Kier molecular flexibility index (Phi) is 15.6. The van der Waals surface area contributed by atoms with Crippen LogP contribution in [0.1, 0.15) is 33.6 Å². The summed E-state index contributed by atoms with van der Waals surface area (Å²) >= 11 is 0. The summed E-state index contributed by atoms with van der Waals surface area (Å²) in [5.74, 6) is 0.641. The maximum absolute atomic E-state index is 9.75. The van der Waals surface area contributed by atoms with Gasteiger partial charge >= 0.3 is 18.9 Å². The fourth-order valence-corrected chi connectivity index (χ4v) is 0.547. The summed E-state index contributed by atoms with van der Waals surface area (Å²) in [6.07, 6.45) is 1.53. The van der Waals surface area contributed by atoms with Crippen LogP contribution in [0, 0.1) is 12.8 Å². The fraction of sp³-hybridized carbons (Fsp3) is 0.875.